The maximum absolute atomic E-state index is 13.8. The number of rotatable bonds is 3. The zero-order valence-electron chi connectivity index (χ0n) is 10.2. The highest BCUT2D eigenvalue weighted by molar-refractivity contribution is 9.10. The van der Waals surface area contributed by atoms with Crippen LogP contribution < -0.4 is 4.74 Å². The van der Waals surface area contributed by atoms with Crippen LogP contribution in [0.4, 0.5) is 13.2 Å². The van der Waals surface area contributed by atoms with E-state index in [1.54, 1.807) is 0 Å². The molecule has 104 valence electrons. The molecule has 0 saturated carbocycles. The average Bonchev–Trinajstić information content (AvgIpc) is 2.40. The summed E-state index contributed by atoms with van der Waals surface area (Å²) in [6.45, 7) is 0. The van der Waals surface area contributed by atoms with Crippen LogP contribution in [0.1, 0.15) is 15.9 Å². The van der Waals surface area contributed by atoms with Crippen molar-refractivity contribution in [2.24, 2.45) is 0 Å². The van der Waals surface area contributed by atoms with Gasteiger partial charge in [-0.15, -0.1) is 0 Å². The molecule has 0 radical (unpaired) electrons. The molecule has 0 fully saturated rings. The molecular weight excluding hydrogens is 337 g/mol. The lowest BCUT2D eigenvalue weighted by atomic mass is 10.0. The molecule has 0 saturated heterocycles. The minimum absolute atomic E-state index is 0.0464. The lowest BCUT2D eigenvalue weighted by molar-refractivity contribution is 0.102. The van der Waals surface area contributed by atoms with Crippen molar-refractivity contribution in [2.45, 2.75) is 0 Å². The third-order valence-electron chi connectivity index (χ3n) is 2.67. The number of ketones is 1. The lowest BCUT2D eigenvalue weighted by Gasteiger charge is -2.08. The van der Waals surface area contributed by atoms with E-state index in [2.05, 4.69) is 15.9 Å². The number of benzene rings is 2. The number of carbonyl (C=O) groups excluding carboxylic acids is 1. The van der Waals surface area contributed by atoms with Gasteiger partial charge in [0.05, 0.1) is 17.1 Å². The van der Waals surface area contributed by atoms with Crippen LogP contribution in [0.3, 0.4) is 0 Å². The molecule has 0 atom stereocenters. The van der Waals surface area contributed by atoms with Crippen molar-refractivity contribution in [3.05, 3.63) is 63.4 Å². The normalized spacial score (nSPS) is 10.4. The number of carbonyl (C=O) groups is 1. The Labute approximate surface area is 121 Å². The summed E-state index contributed by atoms with van der Waals surface area (Å²) in [5, 5.41) is 0. The van der Waals surface area contributed by atoms with E-state index in [0.717, 1.165) is 18.2 Å². The van der Waals surface area contributed by atoms with Gasteiger partial charge in [-0.25, -0.2) is 13.2 Å². The number of hydrogen-bond acceptors (Lipinski definition) is 2. The second kappa shape index (κ2) is 5.66. The van der Waals surface area contributed by atoms with Crippen LogP contribution in [-0.4, -0.2) is 12.9 Å². The Bertz CT molecular complexity index is 663. The van der Waals surface area contributed by atoms with Crippen molar-refractivity contribution in [2.75, 3.05) is 7.11 Å². The standard InChI is InChI=1S/C14H8BrF3O2/c1-20-7-5-10(17)12(11(18)6-7)14(19)8-3-2-4-9(16)13(8)15/h2-6H,1H3. The molecule has 0 amide bonds. The van der Waals surface area contributed by atoms with Crippen LogP contribution >= 0.6 is 15.9 Å². The second-order valence-electron chi connectivity index (χ2n) is 3.90. The van der Waals surface area contributed by atoms with Gasteiger partial charge in [-0.05, 0) is 28.1 Å². The molecule has 0 heterocycles. The maximum atomic E-state index is 13.8. The third kappa shape index (κ3) is 2.56. The predicted molar refractivity (Wildman–Crippen MR) is 70.4 cm³/mol. The number of ether oxygens (including phenoxy) is 1. The van der Waals surface area contributed by atoms with Gasteiger partial charge in [-0.2, -0.15) is 0 Å². The molecule has 20 heavy (non-hydrogen) atoms. The van der Waals surface area contributed by atoms with Gasteiger partial charge in [0.25, 0.3) is 0 Å². The summed E-state index contributed by atoms with van der Waals surface area (Å²) in [6, 6.07) is 5.47. The van der Waals surface area contributed by atoms with E-state index >= 15 is 0 Å². The predicted octanol–water partition coefficient (Wildman–Crippen LogP) is 4.11. The Hall–Kier alpha value is -1.82. The van der Waals surface area contributed by atoms with E-state index < -0.39 is 28.8 Å². The molecule has 0 bridgehead atoms. The zero-order valence-corrected chi connectivity index (χ0v) is 11.8. The van der Waals surface area contributed by atoms with E-state index in [1.807, 2.05) is 0 Å². The van der Waals surface area contributed by atoms with E-state index in [9.17, 15) is 18.0 Å². The summed E-state index contributed by atoms with van der Waals surface area (Å²) in [5.74, 6) is -3.82. The minimum atomic E-state index is -1.07. The topological polar surface area (TPSA) is 26.3 Å². The minimum Gasteiger partial charge on any atom is -0.497 e. The molecule has 2 aromatic rings. The van der Waals surface area contributed by atoms with Crippen LogP contribution in [-0.2, 0) is 0 Å². The van der Waals surface area contributed by atoms with Crippen LogP contribution in [0.15, 0.2) is 34.8 Å². The van der Waals surface area contributed by atoms with Crippen molar-refractivity contribution in [3.63, 3.8) is 0 Å². The molecule has 2 nitrogen and oxygen atoms in total. The second-order valence-corrected chi connectivity index (χ2v) is 4.69. The fourth-order valence-corrected chi connectivity index (χ4v) is 2.14. The Balaban J connectivity index is 2.57. The SMILES string of the molecule is COc1cc(F)c(C(=O)c2cccc(F)c2Br)c(F)c1. The summed E-state index contributed by atoms with van der Waals surface area (Å²) in [7, 11) is 1.25. The molecule has 0 aliphatic rings. The fraction of sp³-hybridized carbons (Fsp3) is 0.0714. The Morgan fingerprint density at radius 3 is 2.25 bits per heavy atom. The third-order valence-corrected chi connectivity index (χ3v) is 3.48. The smallest absolute Gasteiger partial charge is 0.200 e. The van der Waals surface area contributed by atoms with E-state index in [0.29, 0.717) is 0 Å². The van der Waals surface area contributed by atoms with Crippen molar-refractivity contribution in [1.29, 1.82) is 0 Å². The van der Waals surface area contributed by atoms with E-state index in [-0.39, 0.29) is 15.8 Å². The number of halogens is 4. The molecular formula is C14H8BrF3O2. The largest absolute Gasteiger partial charge is 0.497 e. The average molecular weight is 345 g/mol. The molecule has 0 aliphatic carbocycles. The monoisotopic (exact) mass is 344 g/mol. The zero-order chi connectivity index (χ0) is 14.9. The maximum Gasteiger partial charge on any atom is 0.200 e. The molecule has 0 N–H and O–H groups in total. The molecule has 2 aromatic carbocycles. The molecule has 2 rings (SSSR count). The highest BCUT2D eigenvalue weighted by atomic mass is 79.9. The van der Waals surface area contributed by atoms with Gasteiger partial charge < -0.3 is 4.74 Å². The first kappa shape index (κ1) is 14.6. The molecule has 0 unspecified atom stereocenters. The number of methoxy groups -OCH3 is 1. The first-order valence-electron chi connectivity index (χ1n) is 5.47. The number of hydrogen-bond donors (Lipinski definition) is 0. The van der Waals surface area contributed by atoms with Crippen molar-refractivity contribution in [1.82, 2.24) is 0 Å². The van der Waals surface area contributed by atoms with Gasteiger partial charge in [-0.3, -0.25) is 4.79 Å². The van der Waals surface area contributed by atoms with Gasteiger partial charge >= 0.3 is 0 Å². The van der Waals surface area contributed by atoms with Crippen LogP contribution in [0.2, 0.25) is 0 Å². The highest BCUT2D eigenvalue weighted by Gasteiger charge is 2.23. The van der Waals surface area contributed by atoms with Crippen molar-refractivity contribution < 1.29 is 22.7 Å². The van der Waals surface area contributed by atoms with Crippen LogP contribution in [0.5, 0.6) is 5.75 Å². The van der Waals surface area contributed by atoms with Gasteiger partial charge in [-0.1, -0.05) is 6.07 Å². The van der Waals surface area contributed by atoms with E-state index in [4.69, 9.17) is 4.74 Å². The lowest BCUT2D eigenvalue weighted by Crippen LogP contribution is -2.09. The van der Waals surface area contributed by atoms with Gasteiger partial charge in [0.15, 0.2) is 5.78 Å². The summed E-state index contributed by atoms with van der Waals surface area (Å²) in [4.78, 5) is 12.1. The highest BCUT2D eigenvalue weighted by Crippen LogP contribution is 2.27. The summed E-state index contributed by atoms with van der Waals surface area (Å²) in [5.41, 5.74) is -0.912. The molecule has 0 aromatic heterocycles. The Kier molecular flexibility index (Phi) is 4.13. The molecule has 6 heteroatoms. The molecule has 0 aliphatic heterocycles. The van der Waals surface area contributed by atoms with E-state index in [1.165, 1.54) is 19.2 Å². The summed E-state index contributed by atoms with van der Waals surface area (Å²) in [6.07, 6.45) is 0. The van der Waals surface area contributed by atoms with Crippen molar-refractivity contribution in [3.8, 4) is 5.75 Å². The summed E-state index contributed by atoms with van der Waals surface area (Å²) < 4.78 is 45.6. The van der Waals surface area contributed by atoms with Gasteiger partial charge in [0.1, 0.15) is 23.2 Å². The first-order valence-corrected chi connectivity index (χ1v) is 6.26. The van der Waals surface area contributed by atoms with Gasteiger partial charge in [0.2, 0.25) is 0 Å². The summed E-state index contributed by atoms with van der Waals surface area (Å²) >= 11 is 2.89. The van der Waals surface area contributed by atoms with Crippen LogP contribution in [0, 0.1) is 17.5 Å². The fourth-order valence-electron chi connectivity index (χ4n) is 1.70. The Morgan fingerprint density at radius 2 is 1.70 bits per heavy atom. The first-order chi connectivity index (χ1) is 9.45. The van der Waals surface area contributed by atoms with Crippen molar-refractivity contribution >= 4 is 21.7 Å². The molecule has 0 spiro atoms. The van der Waals surface area contributed by atoms with Gasteiger partial charge in [0, 0.05) is 17.7 Å². The quantitative estimate of drug-likeness (QED) is 0.783. The Morgan fingerprint density at radius 1 is 1.10 bits per heavy atom. The van der Waals surface area contributed by atoms with Crippen LogP contribution in [0.25, 0.3) is 0 Å².